The van der Waals surface area contributed by atoms with E-state index in [1.807, 2.05) is 11.0 Å². The molecular weight excluding hydrogens is 329 g/mol. The minimum Gasteiger partial charge on any atom is -0.334 e. The van der Waals surface area contributed by atoms with Crippen molar-refractivity contribution < 1.29 is 9.18 Å². The maximum absolute atomic E-state index is 12.3. The van der Waals surface area contributed by atoms with Gasteiger partial charge in [-0.2, -0.15) is 0 Å². The van der Waals surface area contributed by atoms with Crippen molar-refractivity contribution in [2.45, 2.75) is 31.8 Å². The minimum absolute atomic E-state index is 0.0863. The van der Waals surface area contributed by atoms with Crippen molar-refractivity contribution in [3.63, 3.8) is 0 Å². The van der Waals surface area contributed by atoms with Crippen molar-refractivity contribution in [1.29, 1.82) is 0 Å². The van der Waals surface area contributed by atoms with Crippen LogP contribution in [0.5, 0.6) is 0 Å². The van der Waals surface area contributed by atoms with Gasteiger partial charge in [-0.1, -0.05) is 42.5 Å². The topological polar surface area (TPSA) is 44.4 Å². The quantitative estimate of drug-likeness (QED) is 0.824. The summed E-state index contributed by atoms with van der Waals surface area (Å²) < 4.78 is 11.9. The molecule has 0 aromatic heterocycles. The normalized spacial score (nSPS) is 19.0. The van der Waals surface area contributed by atoms with E-state index < -0.39 is 0 Å². The fourth-order valence-corrected chi connectivity index (χ4v) is 3.32. The zero-order chi connectivity index (χ0) is 18.2. The van der Waals surface area contributed by atoms with Gasteiger partial charge in [0, 0.05) is 25.7 Å². The number of carbonyl (C=O) groups excluding carboxylic acids is 1. The van der Waals surface area contributed by atoms with Crippen molar-refractivity contribution in [3.05, 3.63) is 71.5 Å². The molecular formula is C21H26FN3O. The number of amides is 2. The Kier molecular flexibility index (Phi) is 6.61. The van der Waals surface area contributed by atoms with Gasteiger partial charge in [-0.25, -0.2) is 9.18 Å². The number of urea groups is 1. The van der Waals surface area contributed by atoms with Crippen LogP contribution in [0.4, 0.5) is 9.18 Å². The van der Waals surface area contributed by atoms with Crippen molar-refractivity contribution in [2.75, 3.05) is 19.6 Å². The SMILES string of the molecule is Fc1ccccc1.O=C(NC1CCCNC1)N1CCc2ccccc2C1. The molecule has 2 aromatic rings. The number of hydrogen-bond donors (Lipinski definition) is 2. The smallest absolute Gasteiger partial charge is 0.317 e. The van der Waals surface area contributed by atoms with E-state index in [2.05, 4.69) is 28.8 Å². The molecule has 2 aromatic carbocycles. The number of fused-ring (bicyclic) bond motifs is 1. The number of halogens is 1. The van der Waals surface area contributed by atoms with Gasteiger partial charge in [-0.3, -0.25) is 0 Å². The molecule has 2 heterocycles. The van der Waals surface area contributed by atoms with Crippen LogP contribution >= 0.6 is 0 Å². The molecule has 26 heavy (non-hydrogen) atoms. The number of rotatable bonds is 1. The lowest BCUT2D eigenvalue weighted by Gasteiger charge is -2.32. The zero-order valence-corrected chi connectivity index (χ0v) is 15.0. The Morgan fingerprint density at radius 3 is 2.46 bits per heavy atom. The summed E-state index contributed by atoms with van der Waals surface area (Å²) in [7, 11) is 0. The van der Waals surface area contributed by atoms with Crippen molar-refractivity contribution >= 4 is 6.03 Å². The van der Waals surface area contributed by atoms with E-state index in [0.29, 0.717) is 6.04 Å². The van der Waals surface area contributed by atoms with Crippen LogP contribution in [-0.2, 0) is 13.0 Å². The second-order valence-corrected chi connectivity index (χ2v) is 6.73. The van der Waals surface area contributed by atoms with E-state index >= 15 is 0 Å². The molecule has 5 heteroatoms. The Labute approximate surface area is 154 Å². The first kappa shape index (κ1) is 18.4. The lowest BCUT2D eigenvalue weighted by atomic mass is 10.0. The molecule has 0 bridgehead atoms. The van der Waals surface area contributed by atoms with Crippen LogP contribution in [-0.4, -0.2) is 36.6 Å². The number of nitrogens with zero attached hydrogens (tertiary/aromatic N) is 1. The number of hydrogen-bond acceptors (Lipinski definition) is 2. The van der Waals surface area contributed by atoms with Gasteiger partial charge in [-0.05, 0) is 49.1 Å². The molecule has 0 saturated carbocycles. The number of nitrogens with one attached hydrogen (secondary N) is 2. The van der Waals surface area contributed by atoms with E-state index in [9.17, 15) is 9.18 Å². The zero-order valence-electron chi connectivity index (χ0n) is 15.0. The molecule has 1 unspecified atom stereocenters. The third-order valence-corrected chi connectivity index (χ3v) is 4.78. The molecule has 138 valence electrons. The summed E-state index contributed by atoms with van der Waals surface area (Å²) >= 11 is 0. The Morgan fingerprint density at radius 1 is 1.08 bits per heavy atom. The van der Waals surface area contributed by atoms with Gasteiger partial charge in [0.05, 0.1) is 0 Å². The summed E-state index contributed by atoms with van der Waals surface area (Å²) in [6.45, 7) is 3.53. The maximum atomic E-state index is 12.3. The highest BCUT2D eigenvalue weighted by atomic mass is 19.1. The highest BCUT2D eigenvalue weighted by Gasteiger charge is 2.23. The molecule has 4 rings (SSSR count). The van der Waals surface area contributed by atoms with Gasteiger partial charge in [0.1, 0.15) is 5.82 Å². The fraction of sp³-hybridized carbons (Fsp3) is 0.381. The summed E-state index contributed by atoms with van der Waals surface area (Å²) in [4.78, 5) is 14.2. The standard InChI is InChI=1S/C15H21N3O.C6H5F/c19-15(17-14-6-3-8-16-10-14)18-9-7-12-4-1-2-5-13(12)11-18;7-6-4-2-1-3-5-6/h1-2,4-5,14,16H,3,6-11H2,(H,17,19);1-5H. The van der Waals surface area contributed by atoms with Crippen LogP contribution < -0.4 is 10.6 Å². The van der Waals surface area contributed by atoms with Gasteiger partial charge in [0.25, 0.3) is 0 Å². The van der Waals surface area contributed by atoms with E-state index in [-0.39, 0.29) is 11.8 Å². The number of benzene rings is 2. The molecule has 0 radical (unpaired) electrons. The lowest BCUT2D eigenvalue weighted by Crippen LogP contribution is -2.51. The number of piperidine rings is 1. The first-order valence-corrected chi connectivity index (χ1v) is 9.26. The monoisotopic (exact) mass is 355 g/mol. The van der Waals surface area contributed by atoms with Gasteiger partial charge in [0.2, 0.25) is 0 Å². The molecule has 2 aliphatic rings. The molecule has 2 amide bonds. The maximum Gasteiger partial charge on any atom is 0.317 e. The predicted molar refractivity (Wildman–Crippen MR) is 101 cm³/mol. The van der Waals surface area contributed by atoms with E-state index in [1.165, 1.54) is 23.3 Å². The van der Waals surface area contributed by atoms with Crippen LogP contribution in [0.2, 0.25) is 0 Å². The van der Waals surface area contributed by atoms with Gasteiger partial charge in [0.15, 0.2) is 0 Å². The Morgan fingerprint density at radius 2 is 1.81 bits per heavy atom. The van der Waals surface area contributed by atoms with E-state index in [1.54, 1.807) is 18.2 Å². The highest BCUT2D eigenvalue weighted by Crippen LogP contribution is 2.18. The van der Waals surface area contributed by atoms with E-state index in [4.69, 9.17) is 0 Å². The third-order valence-electron chi connectivity index (χ3n) is 4.78. The number of carbonyl (C=O) groups is 1. The van der Waals surface area contributed by atoms with E-state index in [0.717, 1.165) is 45.4 Å². The molecule has 0 aliphatic carbocycles. The molecule has 1 atom stereocenters. The van der Waals surface area contributed by atoms with Crippen LogP contribution in [0.3, 0.4) is 0 Å². The average Bonchev–Trinajstić information content (AvgIpc) is 2.69. The second kappa shape index (κ2) is 9.34. The fourth-order valence-electron chi connectivity index (χ4n) is 3.32. The molecule has 1 fully saturated rings. The first-order valence-electron chi connectivity index (χ1n) is 9.26. The highest BCUT2D eigenvalue weighted by molar-refractivity contribution is 5.75. The lowest BCUT2D eigenvalue weighted by molar-refractivity contribution is 0.185. The van der Waals surface area contributed by atoms with Crippen LogP contribution in [0.15, 0.2) is 54.6 Å². The van der Waals surface area contributed by atoms with Crippen LogP contribution in [0.25, 0.3) is 0 Å². The molecule has 1 saturated heterocycles. The van der Waals surface area contributed by atoms with Crippen molar-refractivity contribution in [1.82, 2.24) is 15.5 Å². The minimum atomic E-state index is -0.178. The second-order valence-electron chi connectivity index (χ2n) is 6.73. The van der Waals surface area contributed by atoms with Crippen LogP contribution in [0.1, 0.15) is 24.0 Å². The van der Waals surface area contributed by atoms with Gasteiger partial charge < -0.3 is 15.5 Å². The first-order chi connectivity index (χ1) is 12.7. The molecule has 4 nitrogen and oxygen atoms in total. The molecule has 0 spiro atoms. The largest absolute Gasteiger partial charge is 0.334 e. The summed E-state index contributed by atoms with van der Waals surface area (Å²) in [5, 5.41) is 6.47. The summed E-state index contributed by atoms with van der Waals surface area (Å²) in [6, 6.07) is 16.7. The third kappa shape index (κ3) is 5.30. The van der Waals surface area contributed by atoms with Crippen LogP contribution in [0, 0.1) is 5.82 Å². The van der Waals surface area contributed by atoms with Gasteiger partial charge in [-0.15, -0.1) is 0 Å². The predicted octanol–water partition coefficient (Wildman–Crippen LogP) is 3.33. The van der Waals surface area contributed by atoms with Gasteiger partial charge >= 0.3 is 6.03 Å². The Balaban J connectivity index is 0.000000236. The van der Waals surface area contributed by atoms with Crippen molar-refractivity contribution in [2.24, 2.45) is 0 Å². The average molecular weight is 355 g/mol. The summed E-state index contributed by atoms with van der Waals surface area (Å²) in [5.74, 6) is -0.178. The Bertz CT molecular complexity index is 701. The summed E-state index contributed by atoms with van der Waals surface area (Å²) in [5.41, 5.74) is 2.66. The molecule has 2 N–H and O–H groups in total. The summed E-state index contributed by atoms with van der Waals surface area (Å²) in [6.07, 6.45) is 3.20. The molecule has 2 aliphatic heterocycles. The Hall–Kier alpha value is -2.40. The van der Waals surface area contributed by atoms with Crippen molar-refractivity contribution in [3.8, 4) is 0 Å².